The van der Waals surface area contributed by atoms with Crippen LogP contribution in [-0.4, -0.2) is 44.5 Å². The highest BCUT2D eigenvalue weighted by Crippen LogP contribution is 2.33. The lowest BCUT2D eigenvalue weighted by Gasteiger charge is -2.34. The Morgan fingerprint density at radius 1 is 1.38 bits per heavy atom. The first-order valence-electron chi connectivity index (χ1n) is 6.36. The van der Waals surface area contributed by atoms with Crippen molar-refractivity contribution in [1.29, 1.82) is 0 Å². The zero-order valence-corrected chi connectivity index (χ0v) is 12.4. The molecule has 0 bridgehead atoms. The topological polar surface area (TPSA) is 62.3 Å². The summed E-state index contributed by atoms with van der Waals surface area (Å²) in [5.41, 5.74) is -0.808. The van der Waals surface area contributed by atoms with Gasteiger partial charge in [-0.05, 0) is 19.1 Å². The van der Waals surface area contributed by atoms with Crippen molar-refractivity contribution in [3.8, 4) is 0 Å². The van der Waals surface area contributed by atoms with E-state index in [2.05, 4.69) is 10.3 Å². The summed E-state index contributed by atoms with van der Waals surface area (Å²) < 4.78 is 61.8. The second-order valence-corrected chi connectivity index (χ2v) is 7.23. The van der Waals surface area contributed by atoms with Crippen molar-refractivity contribution < 1.29 is 21.6 Å². The van der Waals surface area contributed by atoms with Crippen LogP contribution in [0.5, 0.6) is 0 Å². The minimum absolute atomic E-state index is 0.0792. The van der Waals surface area contributed by atoms with E-state index in [0.29, 0.717) is 0 Å². The van der Waals surface area contributed by atoms with Crippen LogP contribution in [0.4, 0.5) is 24.8 Å². The molecular formula is C12H16F3N3O2S. The molecule has 1 aromatic heterocycles. The number of hydrogen-bond donors (Lipinski definition) is 1. The molecule has 1 saturated heterocycles. The Morgan fingerprint density at radius 3 is 2.57 bits per heavy atom. The molecule has 2 heterocycles. The molecule has 0 aliphatic carbocycles. The molecule has 0 radical (unpaired) electrons. The Kier molecular flexibility index (Phi) is 4.05. The highest BCUT2D eigenvalue weighted by molar-refractivity contribution is 7.91. The minimum Gasteiger partial charge on any atom is -0.373 e. The van der Waals surface area contributed by atoms with E-state index in [-0.39, 0.29) is 29.7 Å². The van der Waals surface area contributed by atoms with Gasteiger partial charge in [-0.1, -0.05) is 0 Å². The standard InChI is InChI=1S/C12H16F3N3O2S/c1-8-7-21(19,20)4-3-18(8)11-6-9(12(13,14)15)5-10(16-2)17-11/h5-6,8H,3-4,7H2,1-2H3,(H,16,17). The van der Waals surface area contributed by atoms with Crippen molar-refractivity contribution in [2.45, 2.75) is 19.1 Å². The van der Waals surface area contributed by atoms with Crippen LogP contribution in [0.25, 0.3) is 0 Å². The van der Waals surface area contributed by atoms with Crippen molar-refractivity contribution in [1.82, 2.24) is 4.98 Å². The molecule has 0 saturated carbocycles. The number of nitrogens with zero attached hydrogens (tertiary/aromatic N) is 2. The van der Waals surface area contributed by atoms with E-state index in [0.717, 1.165) is 12.1 Å². The van der Waals surface area contributed by atoms with Gasteiger partial charge in [-0.15, -0.1) is 0 Å². The summed E-state index contributed by atoms with van der Waals surface area (Å²) in [5.74, 6) is 0.0706. The lowest BCUT2D eigenvalue weighted by atomic mass is 10.2. The van der Waals surface area contributed by atoms with Crippen molar-refractivity contribution in [2.24, 2.45) is 0 Å². The van der Waals surface area contributed by atoms with Gasteiger partial charge in [0.05, 0.1) is 17.1 Å². The fraction of sp³-hybridized carbons (Fsp3) is 0.583. The van der Waals surface area contributed by atoms with Gasteiger partial charge < -0.3 is 10.2 Å². The van der Waals surface area contributed by atoms with Gasteiger partial charge in [-0.2, -0.15) is 13.2 Å². The first-order chi connectivity index (χ1) is 9.62. The maximum Gasteiger partial charge on any atom is 0.416 e. The summed E-state index contributed by atoms with van der Waals surface area (Å²) in [6, 6.07) is 1.47. The average Bonchev–Trinajstić information content (AvgIpc) is 2.36. The van der Waals surface area contributed by atoms with Gasteiger partial charge in [0, 0.05) is 19.6 Å². The third-order valence-electron chi connectivity index (χ3n) is 3.36. The summed E-state index contributed by atoms with van der Waals surface area (Å²) in [5, 5.41) is 2.59. The molecule has 0 amide bonds. The quantitative estimate of drug-likeness (QED) is 0.899. The maximum absolute atomic E-state index is 12.9. The van der Waals surface area contributed by atoms with Gasteiger partial charge in [0.2, 0.25) is 0 Å². The molecule has 21 heavy (non-hydrogen) atoms. The van der Waals surface area contributed by atoms with E-state index in [4.69, 9.17) is 0 Å². The third kappa shape index (κ3) is 3.58. The van der Waals surface area contributed by atoms with Crippen molar-refractivity contribution in [3.63, 3.8) is 0 Å². The van der Waals surface area contributed by atoms with Crippen LogP contribution < -0.4 is 10.2 Å². The highest BCUT2D eigenvalue weighted by atomic mass is 32.2. The van der Waals surface area contributed by atoms with Crippen LogP contribution in [-0.2, 0) is 16.0 Å². The van der Waals surface area contributed by atoms with Gasteiger partial charge in [0.1, 0.15) is 11.6 Å². The van der Waals surface area contributed by atoms with Gasteiger partial charge >= 0.3 is 6.18 Å². The molecule has 2 rings (SSSR count). The lowest BCUT2D eigenvalue weighted by molar-refractivity contribution is -0.137. The average molecular weight is 323 g/mol. The van der Waals surface area contributed by atoms with Crippen LogP contribution in [0.3, 0.4) is 0 Å². The number of pyridine rings is 1. The number of rotatable bonds is 2. The number of anilines is 2. The second kappa shape index (κ2) is 5.36. The first kappa shape index (κ1) is 15.9. The van der Waals surface area contributed by atoms with Crippen molar-refractivity contribution >= 4 is 21.5 Å². The lowest BCUT2D eigenvalue weighted by Crippen LogP contribution is -2.47. The minimum atomic E-state index is -4.48. The molecule has 9 heteroatoms. The molecule has 1 aliphatic rings. The smallest absolute Gasteiger partial charge is 0.373 e. The molecule has 1 fully saturated rings. The first-order valence-corrected chi connectivity index (χ1v) is 8.18. The van der Waals surface area contributed by atoms with E-state index in [9.17, 15) is 21.6 Å². The SMILES string of the molecule is CNc1cc(C(F)(F)F)cc(N2CCS(=O)(=O)CC2C)n1. The number of alkyl halides is 3. The number of nitrogens with one attached hydrogen (secondary N) is 1. The van der Waals surface area contributed by atoms with Crippen molar-refractivity contribution in [2.75, 3.05) is 35.3 Å². The largest absolute Gasteiger partial charge is 0.416 e. The number of hydrogen-bond acceptors (Lipinski definition) is 5. The second-order valence-electron chi connectivity index (χ2n) is 5.00. The van der Waals surface area contributed by atoms with E-state index in [1.54, 1.807) is 11.8 Å². The van der Waals surface area contributed by atoms with Gasteiger partial charge in [0.15, 0.2) is 9.84 Å². The Bertz CT molecular complexity index is 631. The molecule has 1 aliphatic heterocycles. The van der Waals surface area contributed by atoms with Crippen LogP contribution >= 0.6 is 0 Å². The van der Waals surface area contributed by atoms with E-state index >= 15 is 0 Å². The predicted molar refractivity (Wildman–Crippen MR) is 74.2 cm³/mol. The molecule has 1 aromatic rings. The predicted octanol–water partition coefficient (Wildman–Crippen LogP) is 1.77. The summed E-state index contributed by atoms with van der Waals surface area (Å²) in [6.07, 6.45) is -4.48. The van der Waals surface area contributed by atoms with Crippen LogP contribution in [0.1, 0.15) is 12.5 Å². The van der Waals surface area contributed by atoms with E-state index in [1.807, 2.05) is 0 Å². The molecule has 1 unspecified atom stereocenters. The normalized spacial score (nSPS) is 22.1. The zero-order valence-electron chi connectivity index (χ0n) is 11.6. The summed E-state index contributed by atoms with van der Waals surface area (Å²) >= 11 is 0. The van der Waals surface area contributed by atoms with Gasteiger partial charge in [-0.25, -0.2) is 13.4 Å². The molecule has 0 aromatic carbocycles. The Morgan fingerprint density at radius 2 is 2.05 bits per heavy atom. The Labute approximate surface area is 121 Å². The molecular weight excluding hydrogens is 307 g/mol. The van der Waals surface area contributed by atoms with E-state index in [1.165, 1.54) is 7.05 Å². The monoisotopic (exact) mass is 323 g/mol. The van der Waals surface area contributed by atoms with Crippen molar-refractivity contribution in [3.05, 3.63) is 17.7 Å². The van der Waals surface area contributed by atoms with Crippen LogP contribution in [0, 0.1) is 0 Å². The Balaban J connectivity index is 2.40. The summed E-state index contributed by atoms with van der Waals surface area (Å²) in [7, 11) is -1.65. The number of aromatic nitrogens is 1. The molecule has 1 N–H and O–H groups in total. The van der Waals surface area contributed by atoms with Gasteiger partial charge in [-0.3, -0.25) is 0 Å². The fourth-order valence-corrected chi connectivity index (χ4v) is 3.85. The maximum atomic E-state index is 12.9. The number of sulfone groups is 1. The fourth-order valence-electron chi connectivity index (χ4n) is 2.29. The molecule has 0 spiro atoms. The molecule has 1 atom stereocenters. The van der Waals surface area contributed by atoms with Gasteiger partial charge in [0.25, 0.3) is 0 Å². The summed E-state index contributed by atoms with van der Waals surface area (Å²) in [6.45, 7) is 1.80. The molecule has 5 nitrogen and oxygen atoms in total. The van der Waals surface area contributed by atoms with E-state index < -0.39 is 27.6 Å². The summed E-state index contributed by atoms with van der Waals surface area (Å²) in [4.78, 5) is 5.70. The highest BCUT2D eigenvalue weighted by Gasteiger charge is 2.34. The number of halogens is 3. The Hall–Kier alpha value is -1.51. The zero-order chi connectivity index (χ0) is 15.8. The third-order valence-corrected chi connectivity index (χ3v) is 5.15. The van der Waals surface area contributed by atoms with Crippen LogP contribution in [0.15, 0.2) is 12.1 Å². The molecule has 118 valence electrons. The van der Waals surface area contributed by atoms with Crippen LogP contribution in [0.2, 0.25) is 0 Å².